The van der Waals surface area contributed by atoms with Crippen molar-refractivity contribution in [3.8, 4) is 0 Å². The lowest BCUT2D eigenvalue weighted by Crippen LogP contribution is -2.34. The largest absolute Gasteiger partial charge is 0.351 e. The minimum absolute atomic E-state index is 0.0550. The number of amides is 1. The van der Waals surface area contributed by atoms with Crippen molar-refractivity contribution in [2.75, 3.05) is 11.9 Å². The number of rotatable bonds is 4. The van der Waals surface area contributed by atoms with Crippen LogP contribution in [-0.4, -0.2) is 17.8 Å². The first kappa shape index (κ1) is 13.0. The molecule has 0 saturated carbocycles. The summed E-state index contributed by atoms with van der Waals surface area (Å²) in [5.41, 5.74) is 0.0550. The zero-order chi connectivity index (χ0) is 11.5. The smallest absolute Gasteiger partial charge is 0.262 e. The fourth-order valence-electron chi connectivity index (χ4n) is 0.903. The number of hydrogen-bond donors (Lipinski definition) is 1. The lowest BCUT2D eigenvalue weighted by Gasteiger charge is -2.21. The number of carbonyl (C=O) groups is 1. The van der Waals surface area contributed by atoms with Crippen LogP contribution in [0.4, 0.5) is 0 Å². The predicted octanol–water partition coefficient (Wildman–Crippen LogP) is 3.55. The molecule has 15 heavy (non-hydrogen) atoms. The maximum absolute atomic E-state index is 11.7. The van der Waals surface area contributed by atoms with Gasteiger partial charge < -0.3 is 5.32 Å². The summed E-state index contributed by atoms with van der Waals surface area (Å²) in [5, 5.41) is 6.05. The van der Waals surface area contributed by atoms with Crippen LogP contribution in [0.5, 0.6) is 0 Å². The van der Waals surface area contributed by atoms with Crippen molar-refractivity contribution < 1.29 is 4.79 Å². The van der Waals surface area contributed by atoms with E-state index in [1.165, 1.54) is 11.3 Å². The molecule has 0 spiro atoms. The van der Waals surface area contributed by atoms with Gasteiger partial charge in [0.05, 0.1) is 5.02 Å². The molecule has 5 heteroatoms. The van der Waals surface area contributed by atoms with Gasteiger partial charge in [0.15, 0.2) is 0 Å². The Kier molecular flexibility index (Phi) is 4.62. The number of halogens is 2. The van der Waals surface area contributed by atoms with Gasteiger partial charge in [-0.1, -0.05) is 41.4 Å². The molecule has 0 aliphatic heterocycles. The van der Waals surface area contributed by atoms with Crippen LogP contribution in [0.3, 0.4) is 0 Å². The Labute approximate surface area is 107 Å². The average molecular weight is 311 g/mol. The van der Waals surface area contributed by atoms with Crippen molar-refractivity contribution in [3.05, 3.63) is 21.3 Å². The van der Waals surface area contributed by atoms with E-state index in [4.69, 9.17) is 11.6 Å². The van der Waals surface area contributed by atoms with Crippen molar-refractivity contribution in [2.24, 2.45) is 5.41 Å². The van der Waals surface area contributed by atoms with Gasteiger partial charge in [-0.05, 0) is 16.9 Å². The SMILES string of the molecule is CC(C)(CBr)CNC(=O)c1sccc1Cl. The first-order chi connectivity index (χ1) is 6.96. The van der Waals surface area contributed by atoms with Crippen LogP contribution >= 0.6 is 38.9 Å². The monoisotopic (exact) mass is 309 g/mol. The lowest BCUT2D eigenvalue weighted by atomic mass is 9.97. The van der Waals surface area contributed by atoms with Crippen LogP contribution < -0.4 is 5.32 Å². The van der Waals surface area contributed by atoms with E-state index in [9.17, 15) is 4.79 Å². The van der Waals surface area contributed by atoms with Gasteiger partial charge in [0, 0.05) is 11.9 Å². The molecule has 0 aromatic carbocycles. The van der Waals surface area contributed by atoms with Gasteiger partial charge in [0.25, 0.3) is 5.91 Å². The number of hydrogen-bond acceptors (Lipinski definition) is 2. The molecule has 1 heterocycles. The number of alkyl halides is 1. The first-order valence-electron chi connectivity index (χ1n) is 4.53. The molecule has 0 saturated heterocycles. The van der Waals surface area contributed by atoms with E-state index in [-0.39, 0.29) is 11.3 Å². The number of thiophene rings is 1. The van der Waals surface area contributed by atoms with Gasteiger partial charge in [0.2, 0.25) is 0 Å². The Bertz CT molecular complexity index is 351. The van der Waals surface area contributed by atoms with E-state index in [0.717, 1.165) is 5.33 Å². The van der Waals surface area contributed by atoms with Gasteiger partial charge in [-0.25, -0.2) is 0 Å². The van der Waals surface area contributed by atoms with Crippen molar-refractivity contribution in [3.63, 3.8) is 0 Å². The van der Waals surface area contributed by atoms with E-state index in [1.54, 1.807) is 6.07 Å². The molecule has 84 valence electrons. The number of nitrogens with one attached hydrogen (secondary N) is 1. The summed E-state index contributed by atoms with van der Waals surface area (Å²) >= 11 is 10.6. The van der Waals surface area contributed by atoms with Gasteiger partial charge in [-0.3, -0.25) is 4.79 Å². The fourth-order valence-corrected chi connectivity index (χ4v) is 2.16. The van der Waals surface area contributed by atoms with E-state index >= 15 is 0 Å². The molecule has 1 aromatic rings. The summed E-state index contributed by atoms with van der Waals surface area (Å²) in [6, 6.07) is 1.73. The molecule has 0 aliphatic carbocycles. The second-order valence-corrected chi connectivity index (χ2v) is 5.96. The molecule has 0 unspecified atom stereocenters. The van der Waals surface area contributed by atoms with Gasteiger partial charge in [0.1, 0.15) is 4.88 Å². The zero-order valence-corrected chi connectivity index (χ0v) is 11.8. The van der Waals surface area contributed by atoms with E-state index in [1.807, 2.05) is 5.38 Å². The Hall–Kier alpha value is -0.0600. The minimum atomic E-state index is -0.0935. The second kappa shape index (κ2) is 5.32. The summed E-state index contributed by atoms with van der Waals surface area (Å²) in [6.07, 6.45) is 0. The number of carbonyl (C=O) groups excluding carboxylic acids is 1. The standard InChI is InChI=1S/C10H13BrClNOS/c1-10(2,5-11)6-13-9(14)8-7(12)3-4-15-8/h3-4H,5-6H2,1-2H3,(H,13,14). The second-order valence-electron chi connectivity index (χ2n) is 4.08. The molecule has 0 radical (unpaired) electrons. The fraction of sp³-hybridized carbons (Fsp3) is 0.500. The first-order valence-corrected chi connectivity index (χ1v) is 6.91. The normalized spacial score (nSPS) is 11.5. The summed E-state index contributed by atoms with van der Waals surface area (Å²) in [6.45, 7) is 4.79. The molecule has 0 bridgehead atoms. The highest BCUT2D eigenvalue weighted by atomic mass is 79.9. The van der Waals surface area contributed by atoms with Crippen molar-refractivity contribution >= 4 is 44.8 Å². The van der Waals surface area contributed by atoms with E-state index < -0.39 is 0 Å². The molecular formula is C10H13BrClNOS. The molecule has 0 aliphatic rings. The van der Waals surface area contributed by atoms with Crippen LogP contribution in [-0.2, 0) is 0 Å². The topological polar surface area (TPSA) is 29.1 Å². The third-order valence-electron chi connectivity index (χ3n) is 1.91. The lowest BCUT2D eigenvalue weighted by molar-refractivity contribution is 0.0944. The third-order valence-corrected chi connectivity index (χ3v) is 4.77. The Morgan fingerprint density at radius 3 is 2.80 bits per heavy atom. The third kappa shape index (κ3) is 3.78. The molecule has 0 fully saturated rings. The molecule has 1 aromatic heterocycles. The zero-order valence-electron chi connectivity index (χ0n) is 8.64. The predicted molar refractivity (Wildman–Crippen MR) is 69.2 cm³/mol. The Morgan fingerprint density at radius 1 is 1.67 bits per heavy atom. The molecule has 2 nitrogen and oxygen atoms in total. The van der Waals surface area contributed by atoms with E-state index in [2.05, 4.69) is 35.1 Å². The molecular weight excluding hydrogens is 298 g/mol. The summed E-state index contributed by atoms with van der Waals surface area (Å²) in [4.78, 5) is 12.3. The Morgan fingerprint density at radius 2 is 2.33 bits per heavy atom. The van der Waals surface area contributed by atoms with E-state index in [0.29, 0.717) is 16.4 Å². The molecule has 0 atom stereocenters. The summed E-state index contributed by atoms with van der Waals surface area (Å²) < 4.78 is 0. The van der Waals surface area contributed by atoms with Gasteiger partial charge in [-0.15, -0.1) is 11.3 Å². The highest BCUT2D eigenvalue weighted by Gasteiger charge is 2.19. The van der Waals surface area contributed by atoms with Crippen LogP contribution in [0.2, 0.25) is 5.02 Å². The highest BCUT2D eigenvalue weighted by Crippen LogP contribution is 2.22. The van der Waals surface area contributed by atoms with Crippen molar-refractivity contribution in [2.45, 2.75) is 13.8 Å². The molecule has 1 N–H and O–H groups in total. The van der Waals surface area contributed by atoms with Gasteiger partial charge >= 0.3 is 0 Å². The summed E-state index contributed by atoms with van der Waals surface area (Å²) in [5.74, 6) is -0.0935. The maximum Gasteiger partial charge on any atom is 0.262 e. The minimum Gasteiger partial charge on any atom is -0.351 e. The van der Waals surface area contributed by atoms with Crippen molar-refractivity contribution in [1.82, 2.24) is 5.32 Å². The van der Waals surface area contributed by atoms with Gasteiger partial charge in [-0.2, -0.15) is 0 Å². The van der Waals surface area contributed by atoms with Crippen LogP contribution in [0.25, 0.3) is 0 Å². The summed E-state index contributed by atoms with van der Waals surface area (Å²) in [7, 11) is 0. The molecule has 1 rings (SSSR count). The maximum atomic E-state index is 11.7. The molecule has 1 amide bonds. The quantitative estimate of drug-likeness (QED) is 0.847. The van der Waals surface area contributed by atoms with Crippen LogP contribution in [0.1, 0.15) is 23.5 Å². The van der Waals surface area contributed by atoms with Crippen LogP contribution in [0.15, 0.2) is 11.4 Å². The highest BCUT2D eigenvalue weighted by molar-refractivity contribution is 9.09. The Balaban J connectivity index is 2.55. The van der Waals surface area contributed by atoms with Crippen molar-refractivity contribution in [1.29, 1.82) is 0 Å². The van der Waals surface area contributed by atoms with Crippen LogP contribution in [0, 0.1) is 5.41 Å². The average Bonchev–Trinajstić information content (AvgIpc) is 2.61.